The van der Waals surface area contributed by atoms with Gasteiger partial charge in [-0.2, -0.15) is 4.31 Å². The fourth-order valence-electron chi connectivity index (χ4n) is 2.72. The van der Waals surface area contributed by atoms with Crippen molar-refractivity contribution in [1.82, 2.24) is 9.62 Å². The van der Waals surface area contributed by atoms with Gasteiger partial charge in [0.25, 0.3) is 0 Å². The number of nitrogens with one attached hydrogen (secondary N) is 1. The van der Waals surface area contributed by atoms with E-state index < -0.39 is 10.0 Å². The van der Waals surface area contributed by atoms with E-state index in [1.165, 1.54) is 26.4 Å². The summed E-state index contributed by atoms with van der Waals surface area (Å²) in [7, 11) is -1.19. The molecule has 8 heteroatoms. The minimum absolute atomic E-state index is 0.0462. The smallest absolute Gasteiger partial charge is 0.247 e. The molecule has 0 aliphatic heterocycles. The molecule has 0 bridgehead atoms. The quantitative estimate of drug-likeness (QED) is 0.639. The molecular weight excluding hydrogens is 392 g/mol. The van der Waals surface area contributed by atoms with Crippen LogP contribution in [-0.2, 0) is 21.4 Å². The van der Waals surface area contributed by atoms with Gasteiger partial charge in [0.1, 0.15) is 16.4 Å². The van der Waals surface area contributed by atoms with Crippen LogP contribution in [0.3, 0.4) is 0 Å². The zero-order valence-electron chi connectivity index (χ0n) is 17.2. The number of amides is 1. The monoisotopic (exact) mass is 420 g/mol. The summed E-state index contributed by atoms with van der Waals surface area (Å²) in [6, 6.07) is 13.6. The summed E-state index contributed by atoms with van der Waals surface area (Å²) in [5.41, 5.74) is 0.772. The third kappa shape index (κ3) is 5.95. The van der Waals surface area contributed by atoms with Crippen molar-refractivity contribution < 1.29 is 22.7 Å². The fourth-order valence-corrected chi connectivity index (χ4v) is 4.28. The summed E-state index contributed by atoms with van der Waals surface area (Å²) in [6.45, 7) is 3.57. The molecule has 158 valence electrons. The highest BCUT2D eigenvalue weighted by molar-refractivity contribution is 7.89. The highest BCUT2D eigenvalue weighted by Crippen LogP contribution is 2.31. The predicted molar refractivity (Wildman–Crippen MR) is 111 cm³/mol. The lowest BCUT2D eigenvalue weighted by Crippen LogP contribution is -2.43. The number of ether oxygens (including phenoxy) is 2. The number of hydrogen-bond donors (Lipinski definition) is 1. The van der Waals surface area contributed by atoms with Crippen molar-refractivity contribution in [3.8, 4) is 11.5 Å². The van der Waals surface area contributed by atoms with Crippen LogP contribution < -0.4 is 14.8 Å². The molecule has 1 amide bonds. The molecule has 29 heavy (non-hydrogen) atoms. The molecular formula is C21H28N2O5S. The molecule has 1 atom stereocenters. The highest BCUT2D eigenvalue weighted by atomic mass is 32.2. The highest BCUT2D eigenvalue weighted by Gasteiger charge is 2.30. The Hall–Kier alpha value is -2.58. The van der Waals surface area contributed by atoms with Crippen LogP contribution in [-0.4, -0.2) is 45.4 Å². The normalized spacial score (nSPS) is 12.4. The standard InChI is InChI=1S/C21H28N2O5S/c1-5-16(2)22-21(24)15-23(14-17-9-7-6-8-10-17)29(25,26)20-13-18(27-3)11-12-19(20)28-4/h6-13,16H,5,14-15H2,1-4H3,(H,22,24)/t16-/m1/s1. The van der Waals surface area contributed by atoms with Gasteiger partial charge in [0.05, 0.1) is 20.8 Å². The molecule has 0 aliphatic carbocycles. The summed E-state index contributed by atoms with van der Waals surface area (Å²) in [6.07, 6.45) is 0.751. The second-order valence-corrected chi connectivity index (χ2v) is 8.56. The minimum Gasteiger partial charge on any atom is -0.497 e. The Morgan fingerprint density at radius 2 is 1.79 bits per heavy atom. The number of carbonyl (C=O) groups is 1. The number of sulfonamides is 1. The lowest BCUT2D eigenvalue weighted by atomic mass is 10.2. The molecule has 2 aromatic carbocycles. The van der Waals surface area contributed by atoms with Gasteiger partial charge in [-0.05, 0) is 31.0 Å². The van der Waals surface area contributed by atoms with Crippen molar-refractivity contribution >= 4 is 15.9 Å². The van der Waals surface area contributed by atoms with Gasteiger partial charge in [0.15, 0.2) is 0 Å². The summed E-state index contributed by atoms with van der Waals surface area (Å²) >= 11 is 0. The molecule has 7 nitrogen and oxygen atoms in total. The average Bonchev–Trinajstić information content (AvgIpc) is 2.73. The molecule has 0 fully saturated rings. The Kier molecular flexibility index (Phi) is 8.04. The maximum atomic E-state index is 13.5. The zero-order valence-corrected chi connectivity index (χ0v) is 18.0. The number of nitrogens with zero attached hydrogens (tertiary/aromatic N) is 1. The van der Waals surface area contributed by atoms with Crippen LogP contribution in [0.2, 0.25) is 0 Å². The Morgan fingerprint density at radius 3 is 2.38 bits per heavy atom. The molecule has 2 rings (SSSR count). The number of hydrogen-bond acceptors (Lipinski definition) is 5. The van der Waals surface area contributed by atoms with Crippen molar-refractivity contribution in [3.63, 3.8) is 0 Å². The maximum absolute atomic E-state index is 13.5. The van der Waals surface area contributed by atoms with E-state index in [-0.39, 0.29) is 35.7 Å². The van der Waals surface area contributed by atoms with E-state index in [9.17, 15) is 13.2 Å². The van der Waals surface area contributed by atoms with Crippen LogP contribution in [0.25, 0.3) is 0 Å². The zero-order chi connectivity index (χ0) is 21.4. The van der Waals surface area contributed by atoms with Crippen LogP contribution in [0, 0.1) is 0 Å². The number of methoxy groups -OCH3 is 2. The van der Waals surface area contributed by atoms with E-state index in [1.54, 1.807) is 6.07 Å². The van der Waals surface area contributed by atoms with Crippen LogP contribution in [0.5, 0.6) is 11.5 Å². The summed E-state index contributed by atoms with van der Waals surface area (Å²) < 4.78 is 38.6. The third-order valence-corrected chi connectivity index (χ3v) is 6.34. The Bertz CT molecular complexity index is 916. The van der Waals surface area contributed by atoms with Gasteiger partial charge in [-0.25, -0.2) is 8.42 Å². The first-order valence-electron chi connectivity index (χ1n) is 9.37. The van der Waals surface area contributed by atoms with Gasteiger partial charge in [-0.3, -0.25) is 4.79 Å². The van der Waals surface area contributed by atoms with E-state index >= 15 is 0 Å². The molecule has 0 spiro atoms. The van der Waals surface area contributed by atoms with Crippen molar-refractivity contribution in [2.24, 2.45) is 0 Å². The molecule has 0 unspecified atom stereocenters. The Balaban J connectivity index is 2.44. The first-order valence-corrected chi connectivity index (χ1v) is 10.8. The van der Waals surface area contributed by atoms with Gasteiger partial charge in [-0.1, -0.05) is 37.3 Å². The number of rotatable bonds is 10. The first kappa shape index (κ1) is 22.7. The molecule has 0 heterocycles. The summed E-state index contributed by atoms with van der Waals surface area (Å²) in [5.74, 6) is 0.208. The van der Waals surface area contributed by atoms with E-state index in [4.69, 9.17) is 9.47 Å². The number of carbonyl (C=O) groups excluding carboxylic acids is 1. The lowest BCUT2D eigenvalue weighted by Gasteiger charge is -2.24. The van der Waals surface area contributed by atoms with E-state index in [0.29, 0.717) is 5.75 Å². The minimum atomic E-state index is -4.04. The van der Waals surface area contributed by atoms with Crippen molar-refractivity contribution in [1.29, 1.82) is 0 Å². The average molecular weight is 421 g/mol. The van der Waals surface area contributed by atoms with Gasteiger partial charge in [-0.15, -0.1) is 0 Å². The summed E-state index contributed by atoms with van der Waals surface area (Å²) in [5, 5.41) is 2.82. The molecule has 0 radical (unpaired) electrons. The largest absolute Gasteiger partial charge is 0.497 e. The molecule has 0 saturated heterocycles. The Labute approximate surface area is 172 Å². The summed E-state index contributed by atoms with van der Waals surface area (Å²) in [4.78, 5) is 12.4. The van der Waals surface area contributed by atoms with Gasteiger partial charge in [0, 0.05) is 18.7 Å². The molecule has 2 aromatic rings. The van der Waals surface area contributed by atoms with E-state index in [2.05, 4.69) is 5.32 Å². The van der Waals surface area contributed by atoms with Gasteiger partial charge < -0.3 is 14.8 Å². The SMILES string of the molecule is CC[C@@H](C)NC(=O)CN(Cc1ccccc1)S(=O)(=O)c1cc(OC)ccc1OC. The fraction of sp³-hybridized carbons (Fsp3) is 0.381. The Morgan fingerprint density at radius 1 is 1.10 bits per heavy atom. The maximum Gasteiger partial charge on any atom is 0.247 e. The second-order valence-electron chi connectivity index (χ2n) is 6.65. The van der Waals surface area contributed by atoms with Crippen molar-refractivity contribution in [3.05, 3.63) is 54.1 Å². The van der Waals surface area contributed by atoms with Crippen molar-refractivity contribution in [2.45, 2.75) is 37.8 Å². The van der Waals surface area contributed by atoms with Gasteiger partial charge >= 0.3 is 0 Å². The number of benzene rings is 2. The molecule has 1 N–H and O–H groups in total. The molecule has 0 aliphatic rings. The van der Waals surface area contributed by atoms with Gasteiger partial charge in [0.2, 0.25) is 15.9 Å². The van der Waals surface area contributed by atoms with Crippen LogP contribution >= 0.6 is 0 Å². The van der Waals surface area contributed by atoms with Crippen LogP contribution in [0.4, 0.5) is 0 Å². The topological polar surface area (TPSA) is 84.9 Å². The van der Waals surface area contributed by atoms with Crippen molar-refractivity contribution in [2.75, 3.05) is 20.8 Å². The second kappa shape index (κ2) is 10.3. The molecule has 0 saturated carbocycles. The first-order chi connectivity index (χ1) is 13.8. The van der Waals surface area contributed by atoms with E-state index in [0.717, 1.165) is 16.3 Å². The van der Waals surface area contributed by atoms with Crippen LogP contribution in [0.15, 0.2) is 53.4 Å². The molecule has 0 aromatic heterocycles. The van der Waals surface area contributed by atoms with E-state index in [1.807, 2.05) is 44.2 Å². The third-order valence-electron chi connectivity index (χ3n) is 4.53. The van der Waals surface area contributed by atoms with Crippen LogP contribution in [0.1, 0.15) is 25.8 Å². The predicted octanol–water partition coefficient (Wildman–Crippen LogP) is 2.81. The lowest BCUT2D eigenvalue weighted by molar-refractivity contribution is -0.122.